The van der Waals surface area contributed by atoms with Crippen molar-refractivity contribution >= 4 is 16.7 Å². The molecule has 4 aromatic rings. The van der Waals surface area contributed by atoms with Crippen LogP contribution >= 0.6 is 0 Å². The third-order valence-electron chi connectivity index (χ3n) is 3.72. The summed E-state index contributed by atoms with van der Waals surface area (Å²) < 4.78 is 1.98. The third-order valence-corrected chi connectivity index (χ3v) is 3.72. The highest BCUT2D eigenvalue weighted by Crippen LogP contribution is 2.29. The van der Waals surface area contributed by atoms with Gasteiger partial charge in [-0.05, 0) is 26.0 Å². The monoisotopic (exact) mass is 275 g/mol. The first kappa shape index (κ1) is 12.0. The van der Waals surface area contributed by atoms with Crippen molar-refractivity contribution in [3.05, 3.63) is 54.2 Å². The van der Waals surface area contributed by atoms with Gasteiger partial charge in [-0.25, -0.2) is 4.98 Å². The molecule has 0 spiro atoms. The number of pyridine rings is 1. The van der Waals surface area contributed by atoms with E-state index in [1.54, 1.807) is 12.5 Å². The number of fused-ring (bicyclic) bond motifs is 3. The van der Waals surface area contributed by atoms with Crippen LogP contribution in [0.15, 0.2) is 42.9 Å². The van der Waals surface area contributed by atoms with Crippen LogP contribution in [0.4, 0.5) is 0 Å². The van der Waals surface area contributed by atoms with Crippen LogP contribution in [0.3, 0.4) is 0 Å². The van der Waals surface area contributed by atoms with Crippen LogP contribution in [0.25, 0.3) is 27.8 Å². The van der Waals surface area contributed by atoms with E-state index >= 15 is 0 Å². The second kappa shape index (κ2) is 4.34. The first-order valence-electron chi connectivity index (χ1n) is 6.77. The number of hydrogen-bond acceptors (Lipinski definition) is 4. The molecule has 0 unspecified atom stereocenters. The molecule has 0 bridgehead atoms. The van der Waals surface area contributed by atoms with Gasteiger partial charge in [-0.3, -0.25) is 9.38 Å². The molecule has 1 aromatic carbocycles. The summed E-state index contributed by atoms with van der Waals surface area (Å²) in [7, 11) is 0. The second-order valence-corrected chi connectivity index (χ2v) is 5.03. The summed E-state index contributed by atoms with van der Waals surface area (Å²) in [6.45, 7) is 3.97. The standard InChI is InChI=1S/C16H13N5/c1-10-12(6-4-8-17-10)13-5-3-7-14-15(13)19-11(2)16-20-18-9-21(14)16/h3-9H,1-2H3. The van der Waals surface area contributed by atoms with Gasteiger partial charge in [-0.15, -0.1) is 10.2 Å². The zero-order valence-electron chi connectivity index (χ0n) is 11.8. The normalized spacial score (nSPS) is 11.3. The van der Waals surface area contributed by atoms with Gasteiger partial charge in [0.1, 0.15) is 6.33 Å². The lowest BCUT2D eigenvalue weighted by atomic mass is 10.0. The van der Waals surface area contributed by atoms with Crippen LogP contribution < -0.4 is 0 Å². The molecule has 3 heterocycles. The molecule has 0 aliphatic heterocycles. The molecule has 3 aromatic heterocycles. The lowest BCUT2D eigenvalue weighted by molar-refractivity contribution is 1.10. The van der Waals surface area contributed by atoms with Gasteiger partial charge in [-0.1, -0.05) is 18.2 Å². The van der Waals surface area contributed by atoms with Crippen LogP contribution in [0.2, 0.25) is 0 Å². The van der Waals surface area contributed by atoms with E-state index in [2.05, 4.69) is 27.3 Å². The first-order chi connectivity index (χ1) is 10.3. The van der Waals surface area contributed by atoms with Gasteiger partial charge in [0.15, 0.2) is 5.65 Å². The van der Waals surface area contributed by atoms with Crippen molar-refractivity contribution in [3.63, 3.8) is 0 Å². The van der Waals surface area contributed by atoms with E-state index in [0.717, 1.165) is 39.2 Å². The number of para-hydroxylation sites is 1. The number of rotatable bonds is 1. The average molecular weight is 275 g/mol. The maximum Gasteiger partial charge on any atom is 0.182 e. The maximum absolute atomic E-state index is 4.74. The van der Waals surface area contributed by atoms with E-state index in [4.69, 9.17) is 4.98 Å². The third kappa shape index (κ3) is 1.71. The number of benzene rings is 1. The predicted octanol–water partition coefficient (Wildman–Crippen LogP) is 2.96. The molecule has 4 rings (SSSR count). The van der Waals surface area contributed by atoms with Gasteiger partial charge in [0.05, 0.1) is 16.7 Å². The molecule has 5 heteroatoms. The zero-order chi connectivity index (χ0) is 14.4. The van der Waals surface area contributed by atoms with Crippen LogP contribution in [0, 0.1) is 13.8 Å². The Kier molecular flexibility index (Phi) is 2.47. The van der Waals surface area contributed by atoms with Gasteiger partial charge in [0.25, 0.3) is 0 Å². The Morgan fingerprint density at radius 2 is 1.81 bits per heavy atom. The number of aromatic nitrogens is 5. The van der Waals surface area contributed by atoms with Crippen molar-refractivity contribution in [3.8, 4) is 11.1 Å². The Morgan fingerprint density at radius 1 is 0.952 bits per heavy atom. The number of hydrogen-bond donors (Lipinski definition) is 0. The minimum atomic E-state index is 0.794. The molecular formula is C16H13N5. The summed E-state index contributed by atoms with van der Waals surface area (Å²) in [6.07, 6.45) is 3.53. The van der Waals surface area contributed by atoms with Crippen LogP contribution in [0.1, 0.15) is 11.4 Å². The van der Waals surface area contributed by atoms with E-state index in [0.29, 0.717) is 0 Å². The molecule has 0 aliphatic rings. The second-order valence-electron chi connectivity index (χ2n) is 5.03. The topological polar surface area (TPSA) is 56.0 Å². The Bertz CT molecular complexity index is 971. The van der Waals surface area contributed by atoms with Gasteiger partial charge in [0, 0.05) is 23.0 Å². The summed E-state index contributed by atoms with van der Waals surface area (Å²) >= 11 is 0. The molecule has 5 nitrogen and oxygen atoms in total. The van der Waals surface area contributed by atoms with Crippen molar-refractivity contribution in [2.24, 2.45) is 0 Å². The lowest BCUT2D eigenvalue weighted by Gasteiger charge is -2.10. The summed E-state index contributed by atoms with van der Waals surface area (Å²) in [5, 5.41) is 8.12. The first-order valence-corrected chi connectivity index (χ1v) is 6.77. The van der Waals surface area contributed by atoms with Crippen LogP contribution in [-0.2, 0) is 0 Å². The van der Waals surface area contributed by atoms with Crippen molar-refractivity contribution in [2.75, 3.05) is 0 Å². The Morgan fingerprint density at radius 3 is 2.67 bits per heavy atom. The fourth-order valence-electron chi connectivity index (χ4n) is 2.71. The fourth-order valence-corrected chi connectivity index (χ4v) is 2.71. The molecule has 0 amide bonds. The number of nitrogens with zero attached hydrogens (tertiary/aromatic N) is 5. The van der Waals surface area contributed by atoms with Crippen molar-refractivity contribution in [1.29, 1.82) is 0 Å². The van der Waals surface area contributed by atoms with E-state index in [9.17, 15) is 0 Å². The highest BCUT2D eigenvalue weighted by atomic mass is 15.2. The SMILES string of the molecule is Cc1ncccc1-c1cccc2c1nc(C)c1nncn12. The van der Waals surface area contributed by atoms with Gasteiger partial charge < -0.3 is 0 Å². The van der Waals surface area contributed by atoms with Crippen LogP contribution in [-0.4, -0.2) is 24.6 Å². The summed E-state index contributed by atoms with van der Waals surface area (Å²) in [5.41, 5.74) is 6.78. The average Bonchev–Trinajstić information content (AvgIpc) is 2.98. The van der Waals surface area contributed by atoms with E-state index in [-0.39, 0.29) is 0 Å². The molecule has 0 radical (unpaired) electrons. The minimum Gasteiger partial charge on any atom is -0.278 e. The largest absolute Gasteiger partial charge is 0.278 e. The van der Waals surface area contributed by atoms with Crippen molar-refractivity contribution < 1.29 is 0 Å². The molecule has 0 N–H and O–H groups in total. The van der Waals surface area contributed by atoms with Gasteiger partial charge >= 0.3 is 0 Å². The van der Waals surface area contributed by atoms with Gasteiger partial charge in [0.2, 0.25) is 0 Å². The molecule has 0 saturated carbocycles. The summed E-state index contributed by atoms with van der Waals surface area (Å²) in [5.74, 6) is 0. The van der Waals surface area contributed by atoms with Crippen molar-refractivity contribution in [2.45, 2.75) is 13.8 Å². The summed E-state index contributed by atoms with van der Waals surface area (Å²) in [4.78, 5) is 9.12. The molecule has 0 fully saturated rings. The molecule has 0 atom stereocenters. The van der Waals surface area contributed by atoms with Crippen molar-refractivity contribution in [1.82, 2.24) is 24.6 Å². The molecule has 21 heavy (non-hydrogen) atoms. The lowest BCUT2D eigenvalue weighted by Crippen LogP contribution is -1.97. The highest BCUT2D eigenvalue weighted by Gasteiger charge is 2.12. The van der Waals surface area contributed by atoms with Gasteiger partial charge in [-0.2, -0.15) is 0 Å². The zero-order valence-corrected chi connectivity index (χ0v) is 11.8. The van der Waals surface area contributed by atoms with Crippen LogP contribution in [0.5, 0.6) is 0 Å². The quantitative estimate of drug-likeness (QED) is 0.536. The molecule has 0 saturated heterocycles. The van der Waals surface area contributed by atoms with E-state index in [1.807, 2.05) is 36.4 Å². The predicted molar refractivity (Wildman–Crippen MR) is 81.0 cm³/mol. The Labute approximate surface area is 121 Å². The molecule has 102 valence electrons. The molecular weight excluding hydrogens is 262 g/mol. The Hall–Kier alpha value is -2.82. The maximum atomic E-state index is 4.74. The van der Waals surface area contributed by atoms with E-state index < -0.39 is 0 Å². The number of aryl methyl sites for hydroxylation is 2. The minimum absolute atomic E-state index is 0.794. The smallest absolute Gasteiger partial charge is 0.182 e. The summed E-state index contributed by atoms with van der Waals surface area (Å²) in [6, 6.07) is 10.2. The fraction of sp³-hybridized carbons (Fsp3) is 0.125. The Balaban J connectivity index is 2.16. The van der Waals surface area contributed by atoms with E-state index in [1.165, 1.54) is 0 Å². The highest BCUT2D eigenvalue weighted by molar-refractivity contribution is 5.93. The molecule has 0 aliphatic carbocycles.